The molecule has 0 radical (unpaired) electrons. The van der Waals surface area contributed by atoms with Gasteiger partial charge in [0.25, 0.3) is 5.91 Å². The van der Waals surface area contributed by atoms with E-state index >= 15 is 0 Å². The van der Waals surface area contributed by atoms with Gasteiger partial charge in [0, 0.05) is 19.0 Å². The molecule has 0 aliphatic carbocycles. The van der Waals surface area contributed by atoms with Gasteiger partial charge in [-0.3, -0.25) is 9.48 Å². The fraction of sp³-hybridized carbons (Fsp3) is 0.714. The fourth-order valence-electron chi connectivity index (χ4n) is 3.19. The van der Waals surface area contributed by atoms with Crippen molar-refractivity contribution in [3.63, 3.8) is 0 Å². The third-order valence-electron chi connectivity index (χ3n) is 4.41. The van der Waals surface area contributed by atoms with Gasteiger partial charge < -0.3 is 14.7 Å². The van der Waals surface area contributed by atoms with E-state index in [4.69, 9.17) is 4.74 Å². The lowest BCUT2D eigenvalue weighted by Gasteiger charge is -2.46. The molecule has 2 atom stereocenters. The van der Waals surface area contributed by atoms with E-state index in [1.807, 2.05) is 13.8 Å². The van der Waals surface area contributed by atoms with Crippen molar-refractivity contribution in [3.8, 4) is 0 Å². The number of aliphatic hydroxyl groups is 1. The first-order valence-electron chi connectivity index (χ1n) is 7.33. The van der Waals surface area contributed by atoms with Gasteiger partial charge in [-0.25, -0.2) is 0 Å². The van der Waals surface area contributed by atoms with Crippen LogP contribution in [0.3, 0.4) is 0 Å². The molecular formula is C14H18F3N3O3. The number of rotatable bonds is 1. The number of alkyl halides is 3. The molecule has 2 aliphatic heterocycles. The predicted molar refractivity (Wildman–Crippen MR) is 72.8 cm³/mol. The molecular weight excluding hydrogens is 315 g/mol. The summed E-state index contributed by atoms with van der Waals surface area (Å²) >= 11 is 0. The minimum absolute atomic E-state index is 0.100. The molecule has 23 heavy (non-hydrogen) atoms. The summed E-state index contributed by atoms with van der Waals surface area (Å²) in [6.07, 6.45) is -4.64. The Morgan fingerprint density at radius 2 is 2.00 bits per heavy atom. The van der Waals surface area contributed by atoms with Crippen LogP contribution in [0.2, 0.25) is 0 Å². The van der Waals surface area contributed by atoms with Crippen molar-refractivity contribution >= 4 is 5.91 Å². The van der Waals surface area contributed by atoms with E-state index in [0.29, 0.717) is 17.7 Å². The normalized spacial score (nSPS) is 26.7. The summed E-state index contributed by atoms with van der Waals surface area (Å²) < 4.78 is 45.1. The van der Waals surface area contributed by atoms with Crippen molar-refractivity contribution in [3.05, 3.63) is 17.0 Å². The summed E-state index contributed by atoms with van der Waals surface area (Å²) in [4.78, 5) is 13.6. The first kappa shape index (κ1) is 16.3. The SMILES string of the molecule is C[C@@H]1Cc2c(nn(C)c2C(=O)N2CC(O)(C(F)(F)F)C2)[C@H](C)O1. The third-order valence-corrected chi connectivity index (χ3v) is 4.41. The number of amides is 1. The molecule has 1 aromatic heterocycles. The molecule has 0 unspecified atom stereocenters. The van der Waals surface area contributed by atoms with Crippen molar-refractivity contribution in [1.29, 1.82) is 0 Å². The smallest absolute Gasteiger partial charge is 0.378 e. The maximum Gasteiger partial charge on any atom is 0.420 e. The minimum Gasteiger partial charge on any atom is -0.378 e. The number of ether oxygens (including phenoxy) is 1. The molecule has 3 rings (SSSR count). The average molecular weight is 333 g/mol. The van der Waals surface area contributed by atoms with Crippen LogP contribution >= 0.6 is 0 Å². The highest BCUT2D eigenvalue weighted by atomic mass is 19.4. The van der Waals surface area contributed by atoms with Gasteiger partial charge in [0.15, 0.2) is 5.60 Å². The van der Waals surface area contributed by atoms with Gasteiger partial charge in [-0.2, -0.15) is 18.3 Å². The monoisotopic (exact) mass is 333 g/mol. The minimum atomic E-state index is -4.74. The molecule has 2 aliphatic rings. The van der Waals surface area contributed by atoms with E-state index in [0.717, 1.165) is 4.90 Å². The Bertz CT molecular complexity index is 650. The van der Waals surface area contributed by atoms with Crippen molar-refractivity contribution < 1.29 is 27.8 Å². The summed E-state index contributed by atoms with van der Waals surface area (Å²) in [6.45, 7) is 2.18. The Morgan fingerprint density at radius 3 is 2.57 bits per heavy atom. The second-order valence-electron chi connectivity index (χ2n) is 6.32. The molecule has 1 amide bonds. The first-order chi connectivity index (χ1) is 10.5. The highest BCUT2D eigenvalue weighted by molar-refractivity contribution is 5.95. The maximum atomic E-state index is 12.7. The molecule has 0 saturated carbocycles. The molecule has 0 aromatic carbocycles. The second kappa shape index (κ2) is 4.94. The van der Waals surface area contributed by atoms with E-state index < -0.39 is 30.8 Å². The average Bonchev–Trinajstić information content (AvgIpc) is 2.69. The van der Waals surface area contributed by atoms with E-state index in [1.165, 1.54) is 4.68 Å². The Kier molecular flexibility index (Phi) is 3.49. The molecule has 0 bridgehead atoms. The van der Waals surface area contributed by atoms with Crippen LogP contribution in [-0.4, -0.2) is 56.7 Å². The number of halogens is 3. The van der Waals surface area contributed by atoms with E-state index in [9.17, 15) is 23.1 Å². The largest absolute Gasteiger partial charge is 0.420 e. The lowest BCUT2D eigenvalue weighted by molar-refractivity contribution is -0.294. The number of hydrogen-bond acceptors (Lipinski definition) is 4. The molecule has 1 aromatic rings. The van der Waals surface area contributed by atoms with Crippen LogP contribution in [-0.2, 0) is 18.2 Å². The lowest BCUT2D eigenvalue weighted by atomic mass is 9.92. The number of aromatic nitrogens is 2. The van der Waals surface area contributed by atoms with Crippen LogP contribution in [0.15, 0.2) is 0 Å². The number of carbonyl (C=O) groups is 1. The predicted octanol–water partition coefficient (Wildman–Crippen LogP) is 1.19. The van der Waals surface area contributed by atoms with Gasteiger partial charge in [-0.05, 0) is 13.8 Å². The summed E-state index contributed by atoms with van der Waals surface area (Å²) in [5.41, 5.74) is -1.19. The molecule has 1 N–H and O–H groups in total. The van der Waals surface area contributed by atoms with E-state index in [1.54, 1.807) is 7.05 Å². The van der Waals surface area contributed by atoms with E-state index in [-0.39, 0.29) is 17.9 Å². The zero-order valence-corrected chi connectivity index (χ0v) is 13.0. The lowest BCUT2D eigenvalue weighted by Crippen LogP contribution is -2.70. The summed E-state index contributed by atoms with van der Waals surface area (Å²) in [5, 5.41) is 13.8. The van der Waals surface area contributed by atoms with E-state index in [2.05, 4.69) is 5.10 Å². The highest BCUT2D eigenvalue weighted by Crippen LogP contribution is 2.39. The Morgan fingerprint density at radius 1 is 1.39 bits per heavy atom. The van der Waals surface area contributed by atoms with Gasteiger partial charge in [0.2, 0.25) is 0 Å². The van der Waals surface area contributed by atoms with Crippen molar-refractivity contribution in [1.82, 2.24) is 14.7 Å². The standard InChI is InChI=1S/C14H18F3N3O3/c1-7-4-9-10(8(2)23-7)18-19(3)11(9)12(21)20-5-13(22,6-20)14(15,16)17/h7-8,22H,4-6H2,1-3H3/t7-,8+/m1/s1. The van der Waals surface area contributed by atoms with Gasteiger partial charge >= 0.3 is 6.18 Å². The molecule has 1 fully saturated rings. The number of nitrogens with zero attached hydrogens (tertiary/aromatic N) is 3. The number of likely N-dealkylation sites (tertiary alicyclic amines) is 1. The van der Waals surface area contributed by atoms with Crippen LogP contribution in [0.25, 0.3) is 0 Å². The van der Waals surface area contributed by atoms with Gasteiger partial charge in [-0.15, -0.1) is 0 Å². The van der Waals surface area contributed by atoms with Gasteiger partial charge in [-0.1, -0.05) is 0 Å². The summed E-state index contributed by atoms with van der Waals surface area (Å²) in [7, 11) is 1.58. The molecule has 6 nitrogen and oxygen atoms in total. The zero-order chi connectivity index (χ0) is 17.2. The maximum absolute atomic E-state index is 12.7. The highest BCUT2D eigenvalue weighted by Gasteiger charge is 2.62. The number of β-amino-alcohol motifs (C(OH)–C–C–N with tert-alkyl or cyclic N) is 1. The van der Waals surface area contributed by atoms with Crippen LogP contribution in [0, 0.1) is 0 Å². The van der Waals surface area contributed by atoms with Gasteiger partial charge in [0.1, 0.15) is 5.69 Å². The van der Waals surface area contributed by atoms with Gasteiger partial charge in [0.05, 0.1) is 31.0 Å². The van der Waals surface area contributed by atoms with Crippen LogP contribution in [0.5, 0.6) is 0 Å². The third kappa shape index (κ3) is 2.42. The topological polar surface area (TPSA) is 67.6 Å². The zero-order valence-electron chi connectivity index (χ0n) is 13.0. The van der Waals surface area contributed by atoms with Crippen LogP contribution < -0.4 is 0 Å². The Balaban J connectivity index is 1.86. The molecule has 128 valence electrons. The van der Waals surface area contributed by atoms with Crippen LogP contribution in [0.4, 0.5) is 13.2 Å². The number of carbonyl (C=O) groups excluding carboxylic acids is 1. The molecule has 3 heterocycles. The molecule has 0 spiro atoms. The Hall–Kier alpha value is -1.61. The second-order valence-corrected chi connectivity index (χ2v) is 6.32. The van der Waals surface area contributed by atoms with Crippen LogP contribution in [0.1, 0.15) is 41.7 Å². The summed E-state index contributed by atoms with van der Waals surface area (Å²) in [5.74, 6) is -0.545. The number of fused-ring (bicyclic) bond motifs is 1. The quantitative estimate of drug-likeness (QED) is 0.838. The number of aryl methyl sites for hydroxylation is 1. The summed E-state index contributed by atoms with van der Waals surface area (Å²) in [6, 6.07) is 0. The van der Waals surface area contributed by atoms with Crippen molar-refractivity contribution in [2.24, 2.45) is 7.05 Å². The fourth-order valence-corrected chi connectivity index (χ4v) is 3.19. The van der Waals surface area contributed by atoms with Crippen molar-refractivity contribution in [2.75, 3.05) is 13.1 Å². The molecule has 9 heteroatoms. The first-order valence-corrected chi connectivity index (χ1v) is 7.33. The van der Waals surface area contributed by atoms with Crippen molar-refractivity contribution in [2.45, 2.75) is 44.3 Å². The number of hydrogen-bond donors (Lipinski definition) is 1. The Labute approximate surface area is 130 Å². The molecule has 1 saturated heterocycles.